The number of rotatable bonds is 5. The summed E-state index contributed by atoms with van der Waals surface area (Å²) in [6, 6.07) is 12.8. The first-order valence-corrected chi connectivity index (χ1v) is 7.06. The average molecular weight is 308 g/mol. The SMILES string of the molecule is CN(C)c1ccc(C(Cc2ccc(F)c(Cl)c2)NN)cc1. The zero-order valence-corrected chi connectivity index (χ0v) is 12.9. The maximum atomic E-state index is 13.2. The van der Waals surface area contributed by atoms with Crippen molar-refractivity contribution in [2.75, 3.05) is 19.0 Å². The fourth-order valence-electron chi connectivity index (χ4n) is 2.18. The van der Waals surface area contributed by atoms with Gasteiger partial charge in [0.15, 0.2) is 0 Å². The molecule has 1 atom stereocenters. The summed E-state index contributed by atoms with van der Waals surface area (Å²) in [4.78, 5) is 2.04. The van der Waals surface area contributed by atoms with Gasteiger partial charge in [0.05, 0.1) is 5.02 Å². The molecule has 0 fully saturated rings. The number of nitrogens with one attached hydrogen (secondary N) is 1. The van der Waals surface area contributed by atoms with Gasteiger partial charge in [-0.2, -0.15) is 0 Å². The van der Waals surface area contributed by atoms with Crippen molar-refractivity contribution in [3.05, 3.63) is 64.4 Å². The predicted octanol–water partition coefficient (Wildman–Crippen LogP) is 3.29. The van der Waals surface area contributed by atoms with Gasteiger partial charge in [0.25, 0.3) is 0 Å². The highest BCUT2D eigenvalue weighted by Crippen LogP contribution is 2.23. The first-order chi connectivity index (χ1) is 10.0. The van der Waals surface area contributed by atoms with Crippen LogP contribution in [0.2, 0.25) is 5.02 Å². The van der Waals surface area contributed by atoms with E-state index in [0.29, 0.717) is 6.42 Å². The van der Waals surface area contributed by atoms with Crippen molar-refractivity contribution in [2.24, 2.45) is 5.84 Å². The number of hydrogen-bond acceptors (Lipinski definition) is 3. The lowest BCUT2D eigenvalue weighted by Crippen LogP contribution is -2.29. The predicted molar refractivity (Wildman–Crippen MR) is 85.9 cm³/mol. The monoisotopic (exact) mass is 307 g/mol. The second kappa shape index (κ2) is 6.89. The average Bonchev–Trinajstić information content (AvgIpc) is 2.48. The Morgan fingerprint density at radius 3 is 2.38 bits per heavy atom. The quantitative estimate of drug-likeness (QED) is 0.658. The number of hydrazine groups is 1. The first kappa shape index (κ1) is 15.8. The molecule has 21 heavy (non-hydrogen) atoms. The summed E-state index contributed by atoms with van der Waals surface area (Å²) in [6.45, 7) is 0. The summed E-state index contributed by atoms with van der Waals surface area (Å²) in [6.07, 6.45) is 0.637. The Balaban J connectivity index is 2.17. The van der Waals surface area contributed by atoms with Crippen LogP contribution in [-0.2, 0) is 6.42 Å². The molecule has 112 valence electrons. The number of benzene rings is 2. The van der Waals surface area contributed by atoms with Crippen molar-refractivity contribution in [1.82, 2.24) is 5.43 Å². The van der Waals surface area contributed by atoms with Gasteiger partial charge in [-0.3, -0.25) is 11.3 Å². The van der Waals surface area contributed by atoms with E-state index in [-0.39, 0.29) is 11.1 Å². The van der Waals surface area contributed by atoms with E-state index in [1.54, 1.807) is 12.1 Å². The van der Waals surface area contributed by atoms with Crippen molar-refractivity contribution in [2.45, 2.75) is 12.5 Å². The molecule has 0 radical (unpaired) electrons. The number of nitrogens with two attached hydrogens (primary N) is 1. The van der Waals surface area contributed by atoms with Crippen LogP contribution in [0.3, 0.4) is 0 Å². The largest absolute Gasteiger partial charge is 0.378 e. The van der Waals surface area contributed by atoms with E-state index in [0.717, 1.165) is 16.8 Å². The molecule has 0 heterocycles. The minimum atomic E-state index is -0.409. The van der Waals surface area contributed by atoms with E-state index >= 15 is 0 Å². The van der Waals surface area contributed by atoms with Gasteiger partial charge in [-0.15, -0.1) is 0 Å². The van der Waals surface area contributed by atoms with Crippen LogP contribution in [0.25, 0.3) is 0 Å². The molecular weight excluding hydrogens is 289 g/mol. The molecule has 0 aliphatic rings. The Morgan fingerprint density at radius 2 is 1.86 bits per heavy atom. The maximum Gasteiger partial charge on any atom is 0.141 e. The molecule has 0 saturated heterocycles. The molecule has 2 aromatic rings. The molecule has 0 aromatic heterocycles. The Bertz CT molecular complexity index is 599. The van der Waals surface area contributed by atoms with E-state index in [9.17, 15) is 4.39 Å². The molecule has 2 rings (SSSR count). The summed E-state index contributed by atoms with van der Waals surface area (Å²) in [5, 5.41) is 0.131. The van der Waals surface area contributed by atoms with Crippen molar-refractivity contribution in [3.8, 4) is 0 Å². The summed E-state index contributed by atoms with van der Waals surface area (Å²) in [5.74, 6) is 5.24. The molecule has 3 nitrogen and oxygen atoms in total. The van der Waals surface area contributed by atoms with Gasteiger partial charge in [-0.25, -0.2) is 4.39 Å². The fraction of sp³-hybridized carbons (Fsp3) is 0.250. The van der Waals surface area contributed by atoms with Crippen molar-refractivity contribution in [1.29, 1.82) is 0 Å². The van der Waals surface area contributed by atoms with Crippen molar-refractivity contribution < 1.29 is 4.39 Å². The van der Waals surface area contributed by atoms with Crippen LogP contribution >= 0.6 is 11.6 Å². The highest BCUT2D eigenvalue weighted by molar-refractivity contribution is 6.30. The smallest absolute Gasteiger partial charge is 0.141 e. The second-order valence-corrected chi connectivity index (χ2v) is 5.56. The van der Waals surface area contributed by atoms with Crippen molar-refractivity contribution >= 4 is 17.3 Å². The van der Waals surface area contributed by atoms with Gasteiger partial charge >= 0.3 is 0 Å². The van der Waals surface area contributed by atoms with Crippen molar-refractivity contribution in [3.63, 3.8) is 0 Å². The van der Waals surface area contributed by atoms with Gasteiger partial charge in [0.2, 0.25) is 0 Å². The summed E-state index contributed by atoms with van der Waals surface area (Å²) in [5.41, 5.74) is 5.93. The van der Waals surface area contributed by atoms with E-state index in [2.05, 4.69) is 5.43 Å². The van der Waals surface area contributed by atoms with E-state index in [4.69, 9.17) is 17.4 Å². The van der Waals surface area contributed by atoms with Crippen LogP contribution in [0.5, 0.6) is 0 Å². The van der Waals surface area contributed by atoms with E-state index in [1.165, 1.54) is 6.07 Å². The van der Waals surface area contributed by atoms with E-state index < -0.39 is 5.82 Å². The molecular formula is C16H19ClFN3. The molecule has 0 bridgehead atoms. The van der Waals surface area contributed by atoms with Crippen LogP contribution in [0.15, 0.2) is 42.5 Å². The van der Waals surface area contributed by atoms with Crippen LogP contribution in [0, 0.1) is 5.82 Å². The van der Waals surface area contributed by atoms with Crippen LogP contribution in [-0.4, -0.2) is 14.1 Å². The highest BCUT2D eigenvalue weighted by Gasteiger charge is 2.12. The molecule has 0 amide bonds. The molecule has 0 saturated carbocycles. The summed E-state index contributed by atoms with van der Waals surface area (Å²) < 4.78 is 13.2. The number of nitrogens with zero attached hydrogens (tertiary/aromatic N) is 1. The lowest BCUT2D eigenvalue weighted by atomic mass is 9.99. The second-order valence-electron chi connectivity index (χ2n) is 5.16. The Morgan fingerprint density at radius 1 is 1.19 bits per heavy atom. The minimum Gasteiger partial charge on any atom is -0.378 e. The van der Waals surface area contributed by atoms with Crippen LogP contribution in [0.1, 0.15) is 17.2 Å². The molecule has 0 aliphatic heterocycles. The standard InChI is InChI=1S/C16H19ClFN3/c1-21(2)13-6-4-12(5-7-13)16(20-19)10-11-3-8-15(18)14(17)9-11/h3-9,16,20H,10,19H2,1-2H3. The van der Waals surface area contributed by atoms with Crippen LogP contribution < -0.4 is 16.2 Å². The van der Waals surface area contributed by atoms with Gasteiger partial charge in [-0.1, -0.05) is 29.8 Å². The van der Waals surface area contributed by atoms with Gasteiger partial charge < -0.3 is 4.90 Å². The Labute approximate surface area is 129 Å². The topological polar surface area (TPSA) is 41.3 Å². The van der Waals surface area contributed by atoms with Gasteiger partial charge in [-0.05, 0) is 41.8 Å². The summed E-state index contributed by atoms with van der Waals surface area (Å²) in [7, 11) is 3.99. The Kier molecular flexibility index (Phi) is 5.17. The lowest BCUT2D eigenvalue weighted by Gasteiger charge is -2.18. The highest BCUT2D eigenvalue weighted by atomic mass is 35.5. The molecule has 3 N–H and O–H groups in total. The zero-order valence-electron chi connectivity index (χ0n) is 12.1. The zero-order chi connectivity index (χ0) is 15.4. The third-order valence-corrected chi connectivity index (χ3v) is 3.73. The lowest BCUT2D eigenvalue weighted by molar-refractivity contribution is 0.551. The third kappa shape index (κ3) is 3.94. The fourth-order valence-corrected chi connectivity index (χ4v) is 2.38. The number of anilines is 1. The van der Waals surface area contributed by atoms with Crippen LogP contribution in [0.4, 0.5) is 10.1 Å². The molecule has 1 unspecified atom stereocenters. The first-order valence-electron chi connectivity index (χ1n) is 6.68. The summed E-state index contributed by atoms with van der Waals surface area (Å²) >= 11 is 5.81. The molecule has 0 spiro atoms. The van der Waals surface area contributed by atoms with Gasteiger partial charge in [0.1, 0.15) is 5.82 Å². The normalized spacial score (nSPS) is 12.2. The van der Waals surface area contributed by atoms with E-state index in [1.807, 2.05) is 43.3 Å². The maximum absolute atomic E-state index is 13.2. The molecule has 2 aromatic carbocycles. The number of halogens is 2. The third-order valence-electron chi connectivity index (χ3n) is 3.44. The molecule has 5 heteroatoms. The number of hydrogen-bond donors (Lipinski definition) is 2. The Hall–Kier alpha value is -1.62. The minimum absolute atomic E-state index is 0.0530. The van der Waals surface area contributed by atoms with Gasteiger partial charge in [0, 0.05) is 25.8 Å². The molecule has 0 aliphatic carbocycles.